The number of hydrogen-bond acceptors (Lipinski definition) is 3. The van der Waals surface area contributed by atoms with Gasteiger partial charge in [-0.15, -0.1) is 0 Å². The number of benzene rings is 2. The van der Waals surface area contributed by atoms with Crippen molar-refractivity contribution >= 4 is 10.8 Å². The molecule has 0 spiro atoms. The van der Waals surface area contributed by atoms with Crippen molar-refractivity contribution in [1.29, 1.82) is 0 Å². The van der Waals surface area contributed by atoms with Crippen molar-refractivity contribution in [1.82, 2.24) is 10.2 Å². The van der Waals surface area contributed by atoms with Crippen molar-refractivity contribution in [3.8, 4) is 0 Å². The summed E-state index contributed by atoms with van der Waals surface area (Å²) in [5.41, 5.74) is 1.35. The molecule has 1 heterocycles. The maximum atomic E-state index is 5.46. The molecule has 0 bridgehead atoms. The van der Waals surface area contributed by atoms with Gasteiger partial charge in [0.05, 0.1) is 12.6 Å². The Labute approximate surface area is 120 Å². The smallest absolute Gasteiger partial charge is 0.0659 e. The van der Waals surface area contributed by atoms with Gasteiger partial charge in [-0.3, -0.25) is 4.90 Å². The lowest BCUT2D eigenvalue weighted by Gasteiger charge is -2.35. The van der Waals surface area contributed by atoms with Gasteiger partial charge in [-0.05, 0) is 22.4 Å². The molecule has 1 N–H and O–H groups in total. The van der Waals surface area contributed by atoms with Crippen LogP contribution < -0.4 is 5.32 Å². The summed E-state index contributed by atoms with van der Waals surface area (Å²) in [5.74, 6) is 0. The Morgan fingerprint density at radius 1 is 1.10 bits per heavy atom. The molecule has 3 rings (SSSR count). The van der Waals surface area contributed by atoms with Crippen LogP contribution >= 0.6 is 0 Å². The molecule has 1 saturated heterocycles. The monoisotopic (exact) mass is 270 g/mol. The van der Waals surface area contributed by atoms with E-state index in [4.69, 9.17) is 4.74 Å². The van der Waals surface area contributed by atoms with Crippen LogP contribution in [0.1, 0.15) is 11.6 Å². The van der Waals surface area contributed by atoms with Gasteiger partial charge in [0.2, 0.25) is 0 Å². The summed E-state index contributed by atoms with van der Waals surface area (Å²) in [6, 6.07) is 15.7. The average molecular weight is 270 g/mol. The number of methoxy groups -OCH3 is 1. The van der Waals surface area contributed by atoms with E-state index in [9.17, 15) is 0 Å². The Hall–Kier alpha value is -1.42. The van der Waals surface area contributed by atoms with E-state index in [1.807, 2.05) is 0 Å². The van der Waals surface area contributed by atoms with Gasteiger partial charge < -0.3 is 10.1 Å². The second-order valence-electron chi connectivity index (χ2n) is 5.36. The first-order valence-electron chi connectivity index (χ1n) is 7.31. The van der Waals surface area contributed by atoms with Gasteiger partial charge in [0.25, 0.3) is 0 Å². The third-order valence-electron chi connectivity index (χ3n) is 4.08. The summed E-state index contributed by atoms with van der Waals surface area (Å²) < 4.78 is 5.46. The standard InChI is InChI=1S/C17H22N2O/c1-20-13-17(19-10-8-18-9-11-19)16-7-6-14-4-2-3-5-15(14)12-16/h2-7,12,17-18H,8-11,13H2,1H3. The van der Waals surface area contributed by atoms with Crippen LogP contribution in [0.5, 0.6) is 0 Å². The lowest BCUT2D eigenvalue weighted by Crippen LogP contribution is -2.46. The van der Waals surface area contributed by atoms with Crippen LogP contribution in [0.15, 0.2) is 42.5 Å². The van der Waals surface area contributed by atoms with Crippen LogP contribution in [-0.4, -0.2) is 44.8 Å². The Morgan fingerprint density at radius 2 is 1.85 bits per heavy atom. The van der Waals surface area contributed by atoms with Crippen LogP contribution in [-0.2, 0) is 4.74 Å². The number of fused-ring (bicyclic) bond motifs is 1. The minimum Gasteiger partial charge on any atom is -0.383 e. The molecule has 106 valence electrons. The lowest BCUT2D eigenvalue weighted by atomic mass is 10.0. The number of rotatable bonds is 4. The number of nitrogens with zero attached hydrogens (tertiary/aromatic N) is 1. The van der Waals surface area contributed by atoms with Gasteiger partial charge in [0, 0.05) is 33.3 Å². The van der Waals surface area contributed by atoms with E-state index in [0.29, 0.717) is 6.04 Å². The number of hydrogen-bond donors (Lipinski definition) is 1. The Morgan fingerprint density at radius 3 is 2.60 bits per heavy atom. The van der Waals surface area contributed by atoms with Gasteiger partial charge in [-0.2, -0.15) is 0 Å². The lowest BCUT2D eigenvalue weighted by molar-refractivity contribution is 0.0813. The van der Waals surface area contributed by atoms with Gasteiger partial charge in [0.1, 0.15) is 0 Å². The predicted octanol–water partition coefficient (Wildman–Crippen LogP) is 2.43. The van der Waals surface area contributed by atoms with Gasteiger partial charge in [-0.1, -0.05) is 36.4 Å². The fourth-order valence-electron chi connectivity index (χ4n) is 2.98. The predicted molar refractivity (Wildman–Crippen MR) is 83.0 cm³/mol. The van der Waals surface area contributed by atoms with Crippen LogP contribution in [0, 0.1) is 0 Å². The minimum atomic E-state index is 0.353. The maximum Gasteiger partial charge on any atom is 0.0659 e. The SMILES string of the molecule is COCC(c1ccc2ccccc2c1)N1CCNCC1. The Balaban J connectivity index is 1.91. The first-order valence-corrected chi connectivity index (χ1v) is 7.31. The van der Waals surface area contributed by atoms with Gasteiger partial charge >= 0.3 is 0 Å². The molecule has 1 unspecified atom stereocenters. The van der Waals surface area contributed by atoms with Gasteiger partial charge in [-0.25, -0.2) is 0 Å². The first kappa shape index (κ1) is 13.6. The Kier molecular flexibility index (Phi) is 4.31. The summed E-state index contributed by atoms with van der Waals surface area (Å²) >= 11 is 0. The van der Waals surface area contributed by atoms with Crippen molar-refractivity contribution in [3.63, 3.8) is 0 Å². The van der Waals surface area contributed by atoms with Crippen LogP contribution in [0.4, 0.5) is 0 Å². The third-order valence-corrected chi connectivity index (χ3v) is 4.08. The molecule has 1 fully saturated rings. The van der Waals surface area contributed by atoms with E-state index in [1.54, 1.807) is 7.11 Å². The summed E-state index contributed by atoms with van der Waals surface area (Å²) in [6.07, 6.45) is 0. The highest BCUT2D eigenvalue weighted by atomic mass is 16.5. The highest BCUT2D eigenvalue weighted by Crippen LogP contribution is 2.25. The number of piperazine rings is 1. The van der Waals surface area contributed by atoms with E-state index in [-0.39, 0.29) is 0 Å². The largest absolute Gasteiger partial charge is 0.383 e. The number of ether oxygens (including phenoxy) is 1. The van der Waals surface area contributed by atoms with E-state index in [0.717, 1.165) is 32.8 Å². The molecule has 1 aliphatic heterocycles. The highest BCUT2D eigenvalue weighted by Gasteiger charge is 2.22. The molecule has 0 aromatic heterocycles. The molecule has 2 aromatic carbocycles. The topological polar surface area (TPSA) is 24.5 Å². The molecular formula is C17H22N2O. The molecule has 1 aliphatic rings. The summed E-state index contributed by atoms with van der Waals surface area (Å²) in [4.78, 5) is 2.52. The van der Waals surface area contributed by atoms with E-state index in [1.165, 1.54) is 16.3 Å². The van der Waals surface area contributed by atoms with Crippen LogP contribution in [0.3, 0.4) is 0 Å². The van der Waals surface area contributed by atoms with Crippen LogP contribution in [0.25, 0.3) is 10.8 Å². The quantitative estimate of drug-likeness (QED) is 0.923. The van der Waals surface area contributed by atoms with E-state index < -0.39 is 0 Å². The molecule has 0 amide bonds. The molecule has 0 saturated carbocycles. The van der Waals surface area contributed by atoms with Crippen molar-refractivity contribution in [3.05, 3.63) is 48.0 Å². The van der Waals surface area contributed by atoms with Crippen molar-refractivity contribution in [2.75, 3.05) is 39.9 Å². The van der Waals surface area contributed by atoms with Crippen molar-refractivity contribution in [2.45, 2.75) is 6.04 Å². The fourth-order valence-corrected chi connectivity index (χ4v) is 2.98. The van der Waals surface area contributed by atoms with Crippen LogP contribution in [0.2, 0.25) is 0 Å². The zero-order valence-electron chi connectivity index (χ0n) is 12.0. The highest BCUT2D eigenvalue weighted by molar-refractivity contribution is 5.83. The minimum absolute atomic E-state index is 0.353. The first-order chi connectivity index (χ1) is 9.88. The molecule has 0 aliphatic carbocycles. The molecule has 1 atom stereocenters. The zero-order valence-corrected chi connectivity index (χ0v) is 12.0. The summed E-state index contributed by atoms with van der Waals surface area (Å²) in [6.45, 7) is 5.04. The second-order valence-corrected chi connectivity index (χ2v) is 5.36. The zero-order chi connectivity index (χ0) is 13.8. The van der Waals surface area contributed by atoms with Gasteiger partial charge in [0.15, 0.2) is 0 Å². The van der Waals surface area contributed by atoms with Crippen molar-refractivity contribution in [2.24, 2.45) is 0 Å². The molecular weight excluding hydrogens is 248 g/mol. The summed E-state index contributed by atoms with van der Waals surface area (Å²) in [5, 5.41) is 6.02. The average Bonchev–Trinajstić information content (AvgIpc) is 2.53. The van der Waals surface area contributed by atoms with E-state index in [2.05, 4.69) is 52.7 Å². The van der Waals surface area contributed by atoms with Crippen molar-refractivity contribution < 1.29 is 4.74 Å². The fraction of sp³-hybridized carbons (Fsp3) is 0.412. The second kappa shape index (κ2) is 6.35. The number of nitrogens with one attached hydrogen (secondary N) is 1. The molecule has 3 heteroatoms. The maximum absolute atomic E-state index is 5.46. The molecule has 20 heavy (non-hydrogen) atoms. The molecule has 2 aromatic rings. The normalized spacial score (nSPS) is 18.2. The third kappa shape index (κ3) is 2.85. The van der Waals surface area contributed by atoms with E-state index >= 15 is 0 Å². The Bertz CT molecular complexity index is 564. The summed E-state index contributed by atoms with van der Waals surface area (Å²) in [7, 11) is 1.79. The molecule has 3 nitrogen and oxygen atoms in total. The molecule has 0 radical (unpaired) electrons.